The molecule has 0 amide bonds. The zero-order chi connectivity index (χ0) is 17.1. The first-order valence-corrected chi connectivity index (χ1v) is 9.44. The van der Waals surface area contributed by atoms with Gasteiger partial charge in [-0.05, 0) is 63.1 Å². The Balaban J connectivity index is 1.30. The Bertz CT molecular complexity index is 745. The summed E-state index contributed by atoms with van der Waals surface area (Å²) >= 11 is 0. The van der Waals surface area contributed by atoms with Crippen LogP contribution < -0.4 is 5.56 Å². The SMILES string of the molecule is O=c1cc2c(nn1CC1CCN(CCn3nccn3)CC1)CCCC2. The summed E-state index contributed by atoms with van der Waals surface area (Å²) in [4.78, 5) is 16.5. The quantitative estimate of drug-likeness (QED) is 0.815. The van der Waals surface area contributed by atoms with E-state index in [0.29, 0.717) is 5.92 Å². The Hall–Kier alpha value is -2.02. The molecule has 2 aliphatic rings. The lowest BCUT2D eigenvalue weighted by molar-refractivity contribution is 0.161. The predicted octanol–water partition coefficient (Wildman–Crippen LogP) is 1.13. The van der Waals surface area contributed by atoms with Gasteiger partial charge >= 0.3 is 0 Å². The van der Waals surface area contributed by atoms with Crippen molar-refractivity contribution in [1.82, 2.24) is 29.7 Å². The molecule has 134 valence electrons. The van der Waals surface area contributed by atoms with Crippen LogP contribution in [0, 0.1) is 5.92 Å². The molecule has 1 saturated heterocycles. The van der Waals surface area contributed by atoms with Crippen LogP contribution in [-0.4, -0.2) is 49.3 Å². The first-order chi connectivity index (χ1) is 12.3. The molecule has 0 unspecified atom stereocenters. The molecule has 1 aliphatic heterocycles. The van der Waals surface area contributed by atoms with Crippen molar-refractivity contribution in [1.29, 1.82) is 0 Å². The number of piperidine rings is 1. The van der Waals surface area contributed by atoms with Gasteiger partial charge in [0, 0.05) is 19.2 Å². The third-order valence-electron chi connectivity index (χ3n) is 5.49. The number of hydrogen-bond donors (Lipinski definition) is 0. The zero-order valence-electron chi connectivity index (χ0n) is 14.7. The van der Waals surface area contributed by atoms with Crippen molar-refractivity contribution in [3.8, 4) is 0 Å². The Kier molecular flexibility index (Phi) is 4.92. The van der Waals surface area contributed by atoms with Gasteiger partial charge in [-0.2, -0.15) is 20.1 Å². The van der Waals surface area contributed by atoms with Gasteiger partial charge in [-0.15, -0.1) is 0 Å². The van der Waals surface area contributed by atoms with Gasteiger partial charge in [-0.3, -0.25) is 4.79 Å². The van der Waals surface area contributed by atoms with Crippen molar-refractivity contribution in [3.63, 3.8) is 0 Å². The zero-order valence-corrected chi connectivity index (χ0v) is 14.7. The molecule has 0 aromatic carbocycles. The van der Waals surface area contributed by atoms with Crippen LogP contribution in [0.25, 0.3) is 0 Å². The summed E-state index contributed by atoms with van der Waals surface area (Å²) in [6.45, 7) is 4.74. The van der Waals surface area contributed by atoms with Crippen LogP contribution >= 0.6 is 0 Å². The van der Waals surface area contributed by atoms with E-state index in [1.54, 1.807) is 21.9 Å². The molecule has 0 spiro atoms. The van der Waals surface area contributed by atoms with E-state index in [9.17, 15) is 4.79 Å². The summed E-state index contributed by atoms with van der Waals surface area (Å²) < 4.78 is 1.72. The van der Waals surface area contributed by atoms with Crippen molar-refractivity contribution in [2.45, 2.75) is 51.6 Å². The van der Waals surface area contributed by atoms with Crippen molar-refractivity contribution in [3.05, 3.63) is 40.1 Å². The summed E-state index contributed by atoms with van der Waals surface area (Å²) in [6, 6.07) is 1.83. The fourth-order valence-electron chi connectivity index (χ4n) is 3.96. The molecule has 1 fully saturated rings. The smallest absolute Gasteiger partial charge is 0.267 e. The Morgan fingerprint density at radius 1 is 1.04 bits per heavy atom. The first kappa shape index (κ1) is 16.4. The van der Waals surface area contributed by atoms with Crippen molar-refractivity contribution in [2.24, 2.45) is 5.92 Å². The number of aromatic nitrogens is 5. The van der Waals surface area contributed by atoms with Gasteiger partial charge in [0.05, 0.1) is 24.6 Å². The number of likely N-dealkylation sites (tertiary alicyclic amines) is 1. The maximum absolute atomic E-state index is 12.3. The molecule has 0 atom stereocenters. The van der Waals surface area contributed by atoms with E-state index >= 15 is 0 Å². The largest absolute Gasteiger partial charge is 0.301 e. The molecule has 1 aliphatic carbocycles. The van der Waals surface area contributed by atoms with Crippen molar-refractivity contribution in [2.75, 3.05) is 19.6 Å². The van der Waals surface area contributed by atoms with Crippen LogP contribution in [0.3, 0.4) is 0 Å². The number of fused-ring (bicyclic) bond motifs is 1. The van der Waals surface area contributed by atoms with Gasteiger partial charge < -0.3 is 4.90 Å². The van der Waals surface area contributed by atoms with Gasteiger partial charge in [0.15, 0.2) is 0 Å². The minimum atomic E-state index is 0.0767. The van der Waals surface area contributed by atoms with E-state index in [-0.39, 0.29) is 5.56 Å². The third-order valence-corrected chi connectivity index (χ3v) is 5.49. The molecule has 4 rings (SSSR count). The molecule has 7 nitrogen and oxygen atoms in total. The van der Waals surface area contributed by atoms with Gasteiger partial charge in [-0.1, -0.05) is 0 Å². The number of aryl methyl sites for hydroxylation is 2. The van der Waals surface area contributed by atoms with E-state index in [4.69, 9.17) is 0 Å². The Labute approximate surface area is 147 Å². The molecule has 0 N–H and O–H groups in total. The second-order valence-electron chi connectivity index (χ2n) is 7.25. The molecule has 0 bridgehead atoms. The van der Waals surface area contributed by atoms with Gasteiger partial charge in [-0.25, -0.2) is 4.68 Å². The van der Waals surface area contributed by atoms with Crippen molar-refractivity contribution < 1.29 is 0 Å². The average molecular weight is 342 g/mol. The molecular formula is C18H26N6O. The highest BCUT2D eigenvalue weighted by Gasteiger charge is 2.21. The summed E-state index contributed by atoms with van der Waals surface area (Å²) in [5.41, 5.74) is 2.40. The first-order valence-electron chi connectivity index (χ1n) is 9.44. The van der Waals surface area contributed by atoms with E-state index < -0.39 is 0 Å². The molecule has 2 aromatic rings. The van der Waals surface area contributed by atoms with E-state index in [1.807, 2.05) is 6.07 Å². The van der Waals surface area contributed by atoms with Crippen LogP contribution in [0.15, 0.2) is 23.3 Å². The molecule has 0 radical (unpaired) electrons. The van der Waals surface area contributed by atoms with Gasteiger partial charge in [0.2, 0.25) is 0 Å². The Morgan fingerprint density at radius 2 is 1.80 bits per heavy atom. The highest BCUT2D eigenvalue weighted by atomic mass is 16.1. The molecular weight excluding hydrogens is 316 g/mol. The fourth-order valence-corrected chi connectivity index (χ4v) is 3.96. The van der Waals surface area contributed by atoms with Crippen LogP contribution in [0.2, 0.25) is 0 Å². The second-order valence-corrected chi connectivity index (χ2v) is 7.25. The monoisotopic (exact) mass is 342 g/mol. The lowest BCUT2D eigenvalue weighted by Gasteiger charge is -2.31. The molecule has 25 heavy (non-hydrogen) atoms. The topological polar surface area (TPSA) is 68.8 Å². The molecule has 7 heteroatoms. The molecule has 2 aromatic heterocycles. The fraction of sp³-hybridized carbons (Fsp3) is 0.667. The van der Waals surface area contributed by atoms with Crippen LogP contribution in [-0.2, 0) is 25.9 Å². The lowest BCUT2D eigenvalue weighted by Crippen LogP contribution is -2.38. The molecule has 3 heterocycles. The third kappa shape index (κ3) is 3.98. The summed E-state index contributed by atoms with van der Waals surface area (Å²) in [6.07, 6.45) is 10.1. The highest BCUT2D eigenvalue weighted by Crippen LogP contribution is 2.20. The van der Waals surface area contributed by atoms with Crippen LogP contribution in [0.5, 0.6) is 0 Å². The Morgan fingerprint density at radius 3 is 2.60 bits per heavy atom. The number of rotatable bonds is 5. The maximum Gasteiger partial charge on any atom is 0.267 e. The van der Waals surface area contributed by atoms with Crippen LogP contribution in [0.1, 0.15) is 36.9 Å². The molecule has 0 saturated carbocycles. The van der Waals surface area contributed by atoms with E-state index in [0.717, 1.165) is 64.1 Å². The predicted molar refractivity (Wildman–Crippen MR) is 94.3 cm³/mol. The normalized spacial score (nSPS) is 19.0. The number of hydrogen-bond acceptors (Lipinski definition) is 5. The lowest BCUT2D eigenvalue weighted by atomic mass is 9.96. The second kappa shape index (κ2) is 7.47. The summed E-state index contributed by atoms with van der Waals surface area (Å²) in [7, 11) is 0. The summed E-state index contributed by atoms with van der Waals surface area (Å²) in [5.74, 6) is 0.547. The van der Waals surface area contributed by atoms with E-state index in [1.165, 1.54) is 18.4 Å². The average Bonchev–Trinajstić information content (AvgIpc) is 3.15. The maximum atomic E-state index is 12.3. The van der Waals surface area contributed by atoms with Crippen LogP contribution in [0.4, 0.5) is 0 Å². The minimum Gasteiger partial charge on any atom is -0.301 e. The van der Waals surface area contributed by atoms with Gasteiger partial charge in [0.1, 0.15) is 0 Å². The number of nitrogens with zero attached hydrogens (tertiary/aromatic N) is 6. The van der Waals surface area contributed by atoms with E-state index in [2.05, 4.69) is 20.2 Å². The van der Waals surface area contributed by atoms with Gasteiger partial charge in [0.25, 0.3) is 5.56 Å². The standard InChI is InChI=1S/C18H26N6O/c25-18-13-16-3-1-2-4-17(16)21-23(18)14-15-5-9-22(10-6-15)11-12-24-19-7-8-20-24/h7-8,13,15H,1-6,9-12,14H2. The minimum absolute atomic E-state index is 0.0767. The summed E-state index contributed by atoms with van der Waals surface area (Å²) in [5, 5.41) is 13.0. The highest BCUT2D eigenvalue weighted by molar-refractivity contribution is 5.20. The van der Waals surface area contributed by atoms with Crippen molar-refractivity contribution >= 4 is 0 Å².